The van der Waals surface area contributed by atoms with Crippen LogP contribution in [-0.2, 0) is 19.1 Å². The molecule has 0 fully saturated rings. The summed E-state index contributed by atoms with van der Waals surface area (Å²) in [5, 5.41) is 19.7. The van der Waals surface area contributed by atoms with Crippen molar-refractivity contribution < 1.29 is 29.3 Å². The molecule has 0 saturated heterocycles. The fourth-order valence-corrected chi connectivity index (χ4v) is 4.79. The van der Waals surface area contributed by atoms with Gasteiger partial charge in [0.2, 0.25) is 0 Å². The Labute approximate surface area is 282 Å². The van der Waals surface area contributed by atoms with Crippen molar-refractivity contribution in [2.24, 2.45) is 0 Å². The lowest BCUT2D eigenvalue weighted by Gasteiger charge is -2.12. The molecular formula is C40H68O6. The number of ether oxygens (including phenoxy) is 2. The number of esters is 2. The molecule has 2 N–H and O–H groups in total. The highest BCUT2D eigenvalue weighted by Crippen LogP contribution is 2.13. The second-order valence-corrected chi connectivity index (χ2v) is 12.2. The van der Waals surface area contributed by atoms with E-state index in [-0.39, 0.29) is 31.6 Å². The number of hydrogen-bond acceptors (Lipinski definition) is 6. The van der Waals surface area contributed by atoms with Crippen LogP contribution < -0.4 is 0 Å². The minimum absolute atomic E-state index is 0.144. The molecule has 0 spiro atoms. The van der Waals surface area contributed by atoms with Gasteiger partial charge in [-0.25, -0.2) is 0 Å². The van der Waals surface area contributed by atoms with Crippen molar-refractivity contribution in [2.45, 2.75) is 167 Å². The van der Waals surface area contributed by atoms with Crippen molar-refractivity contribution in [1.82, 2.24) is 0 Å². The van der Waals surface area contributed by atoms with Crippen molar-refractivity contribution in [3.05, 3.63) is 60.8 Å². The molecule has 46 heavy (non-hydrogen) atoms. The lowest BCUT2D eigenvalue weighted by atomic mass is 10.0. The summed E-state index contributed by atoms with van der Waals surface area (Å²) < 4.78 is 10.3. The average molecular weight is 645 g/mol. The summed E-state index contributed by atoms with van der Waals surface area (Å²) in [6.07, 6.45) is 41.9. The van der Waals surface area contributed by atoms with Gasteiger partial charge in [0, 0.05) is 12.8 Å². The van der Waals surface area contributed by atoms with Crippen molar-refractivity contribution in [1.29, 1.82) is 0 Å². The number of allylic oxidation sites excluding steroid dienone is 8. The molecule has 0 radical (unpaired) electrons. The third kappa shape index (κ3) is 34.4. The summed E-state index contributed by atoms with van der Waals surface area (Å²) in [4.78, 5) is 23.8. The Balaban J connectivity index is 3.60. The summed E-state index contributed by atoms with van der Waals surface area (Å²) in [5.74, 6) is -0.656. The van der Waals surface area contributed by atoms with E-state index >= 15 is 0 Å². The van der Waals surface area contributed by atoms with Crippen LogP contribution in [0.25, 0.3) is 0 Å². The molecule has 264 valence electrons. The summed E-state index contributed by atoms with van der Waals surface area (Å²) in [5.41, 5.74) is 0. The zero-order valence-corrected chi connectivity index (χ0v) is 29.4. The van der Waals surface area contributed by atoms with Gasteiger partial charge in [0.15, 0.2) is 0 Å². The monoisotopic (exact) mass is 645 g/mol. The third-order valence-corrected chi connectivity index (χ3v) is 7.59. The molecule has 0 bridgehead atoms. The van der Waals surface area contributed by atoms with Crippen LogP contribution in [0.1, 0.15) is 155 Å². The van der Waals surface area contributed by atoms with Gasteiger partial charge in [-0.05, 0) is 44.9 Å². The summed E-state index contributed by atoms with van der Waals surface area (Å²) >= 11 is 0. The Morgan fingerprint density at radius 1 is 0.565 bits per heavy atom. The molecule has 0 aliphatic rings. The molecule has 0 amide bonds. The van der Waals surface area contributed by atoms with Gasteiger partial charge in [0.1, 0.15) is 19.3 Å². The lowest BCUT2D eigenvalue weighted by Crippen LogP contribution is -2.25. The molecule has 0 aliphatic carbocycles. The van der Waals surface area contributed by atoms with Crippen LogP contribution in [0.5, 0.6) is 0 Å². The first-order chi connectivity index (χ1) is 22.5. The van der Waals surface area contributed by atoms with Crippen molar-refractivity contribution in [2.75, 3.05) is 13.2 Å². The predicted molar refractivity (Wildman–Crippen MR) is 193 cm³/mol. The Morgan fingerprint density at radius 3 is 1.61 bits per heavy atom. The highest BCUT2D eigenvalue weighted by Gasteiger charge is 2.12. The molecule has 0 heterocycles. The van der Waals surface area contributed by atoms with E-state index in [9.17, 15) is 19.8 Å². The van der Waals surface area contributed by atoms with Gasteiger partial charge in [-0.3, -0.25) is 9.59 Å². The van der Waals surface area contributed by atoms with Crippen molar-refractivity contribution >= 4 is 11.9 Å². The van der Waals surface area contributed by atoms with Gasteiger partial charge in [0.25, 0.3) is 0 Å². The molecule has 0 aromatic carbocycles. The first-order valence-corrected chi connectivity index (χ1v) is 18.4. The van der Waals surface area contributed by atoms with Gasteiger partial charge in [-0.15, -0.1) is 0 Å². The Morgan fingerprint density at radius 2 is 1.04 bits per heavy atom. The van der Waals surface area contributed by atoms with Crippen molar-refractivity contribution in [3.63, 3.8) is 0 Å². The molecule has 2 atom stereocenters. The number of carbonyl (C=O) groups excluding carboxylic acids is 2. The molecular weight excluding hydrogens is 576 g/mol. The number of rotatable bonds is 32. The maximum atomic E-state index is 11.9. The Kier molecular flexibility index (Phi) is 33.5. The topological polar surface area (TPSA) is 93.1 Å². The third-order valence-electron chi connectivity index (χ3n) is 7.59. The van der Waals surface area contributed by atoms with Crippen LogP contribution in [0.2, 0.25) is 0 Å². The summed E-state index contributed by atoms with van der Waals surface area (Å²) in [6.45, 7) is 4.00. The molecule has 6 heteroatoms. The quantitative estimate of drug-likeness (QED) is 0.0328. The Bertz CT molecular complexity index is 841. The molecule has 0 aromatic rings. The number of unbranched alkanes of at least 4 members (excludes halogenated alkanes) is 14. The minimum Gasteiger partial charge on any atom is -0.463 e. The number of aliphatic hydroxyl groups is 2. The largest absolute Gasteiger partial charge is 0.463 e. The second-order valence-electron chi connectivity index (χ2n) is 12.2. The number of aliphatic hydroxyl groups excluding tert-OH is 2. The molecule has 1 unspecified atom stereocenters. The highest BCUT2D eigenvalue weighted by molar-refractivity contribution is 5.69. The zero-order chi connectivity index (χ0) is 33.8. The fourth-order valence-electron chi connectivity index (χ4n) is 4.79. The normalized spacial score (nSPS) is 13.6. The van der Waals surface area contributed by atoms with E-state index in [1.807, 2.05) is 37.3 Å². The smallest absolute Gasteiger partial charge is 0.305 e. The first-order valence-electron chi connectivity index (χ1n) is 18.4. The van der Waals surface area contributed by atoms with E-state index in [1.54, 1.807) is 0 Å². The first kappa shape index (κ1) is 43.6. The average Bonchev–Trinajstić information content (AvgIpc) is 3.05. The molecule has 0 rings (SSSR count). The molecule has 0 aromatic heterocycles. The van der Waals surface area contributed by atoms with Crippen molar-refractivity contribution in [3.8, 4) is 0 Å². The van der Waals surface area contributed by atoms with Gasteiger partial charge >= 0.3 is 11.9 Å². The molecule has 6 nitrogen and oxygen atoms in total. The maximum Gasteiger partial charge on any atom is 0.305 e. The van der Waals surface area contributed by atoms with Gasteiger partial charge in [-0.2, -0.15) is 0 Å². The standard InChI is InChI=1S/C40H68O6/c1-3-5-7-8-9-10-11-12-13-17-20-23-26-29-33-39(43)45-35-38(42)36-46-40(44)34-30-27-24-21-18-15-14-16-19-22-25-28-32-37(41)31-6-4-2/h6,14-15,19,21-22,24-25,28,31,37-38,41-42H,3-5,7-13,16-18,20,23,26-27,29-30,32-36H2,1-2H3/b15-14-,22-19-,24-21-,28-25+,31-6-/t37?,38-/m1/s1. The Hall–Kier alpha value is -2.44. The van der Waals surface area contributed by atoms with Crippen LogP contribution in [0.4, 0.5) is 0 Å². The predicted octanol–water partition coefficient (Wildman–Crippen LogP) is 10.2. The van der Waals surface area contributed by atoms with Crippen LogP contribution in [-0.4, -0.2) is 47.6 Å². The van der Waals surface area contributed by atoms with Gasteiger partial charge in [0.05, 0.1) is 6.10 Å². The van der Waals surface area contributed by atoms with Crippen LogP contribution in [0.3, 0.4) is 0 Å². The molecule has 0 saturated carbocycles. The van der Waals surface area contributed by atoms with E-state index < -0.39 is 12.2 Å². The van der Waals surface area contributed by atoms with E-state index in [0.29, 0.717) is 19.3 Å². The van der Waals surface area contributed by atoms with E-state index in [2.05, 4.69) is 37.3 Å². The minimum atomic E-state index is -0.998. The van der Waals surface area contributed by atoms with Gasteiger partial charge in [-0.1, -0.05) is 158 Å². The number of hydrogen-bond donors (Lipinski definition) is 2. The van der Waals surface area contributed by atoms with Crippen LogP contribution >= 0.6 is 0 Å². The summed E-state index contributed by atoms with van der Waals surface area (Å²) in [6, 6.07) is 0. The highest BCUT2D eigenvalue weighted by atomic mass is 16.6. The van der Waals surface area contributed by atoms with Gasteiger partial charge < -0.3 is 19.7 Å². The van der Waals surface area contributed by atoms with E-state index in [4.69, 9.17) is 9.47 Å². The number of carbonyl (C=O) groups is 2. The summed E-state index contributed by atoms with van der Waals surface area (Å²) in [7, 11) is 0. The fraction of sp³-hybridized carbons (Fsp3) is 0.700. The SMILES string of the molecule is CC/C=C\C(O)C/C=C/C=C\C/C=C\C/C=C\CCCC(=O)OC[C@H](O)COC(=O)CCCCCCCCCCCCCCCC. The van der Waals surface area contributed by atoms with E-state index in [1.165, 1.54) is 70.6 Å². The lowest BCUT2D eigenvalue weighted by molar-refractivity contribution is -0.152. The van der Waals surface area contributed by atoms with E-state index in [0.717, 1.165) is 44.9 Å². The van der Waals surface area contributed by atoms with Crippen LogP contribution in [0.15, 0.2) is 60.8 Å². The molecule has 0 aliphatic heterocycles. The van der Waals surface area contributed by atoms with Crippen LogP contribution in [0, 0.1) is 0 Å². The maximum absolute atomic E-state index is 11.9. The second kappa shape index (κ2) is 35.4. The zero-order valence-electron chi connectivity index (χ0n) is 29.4.